The van der Waals surface area contributed by atoms with Gasteiger partial charge in [-0.15, -0.1) is 0 Å². The third kappa shape index (κ3) is 9.40. The molecular weight excluding hydrogens is 240 g/mol. The van der Waals surface area contributed by atoms with E-state index >= 15 is 0 Å². The van der Waals surface area contributed by atoms with Crippen LogP contribution in [0.4, 0.5) is 0 Å². The molecule has 0 radical (unpaired) electrons. The van der Waals surface area contributed by atoms with E-state index in [1.165, 1.54) is 5.56 Å². The Balaban J connectivity index is 0.000000362. The lowest BCUT2D eigenvalue weighted by Crippen LogP contribution is -2.11. The Labute approximate surface area is 116 Å². The predicted molar refractivity (Wildman–Crippen MR) is 78.5 cm³/mol. The molecule has 0 saturated carbocycles. The van der Waals surface area contributed by atoms with Gasteiger partial charge in [-0.25, -0.2) is 0 Å². The number of benzene rings is 1. The van der Waals surface area contributed by atoms with Crippen LogP contribution in [0.15, 0.2) is 24.3 Å². The van der Waals surface area contributed by atoms with E-state index in [1.807, 2.05) is 45.0 Å². The summed E-state index contributed by atoms with van der Waals surface area (Å²) in [7, 11) is 0. The highest BCUT2D eigenvalue weighted by Gasteiger charge is 1.94. The van der Waals surface area contributed by atoms with Crippen LogP contribution in [0.1, 0.15) is 50.0 Å². The maximum absolute atomic E-state index is 10.3. The first-order valence-corrected chi connectivity index (χ1v) is 6.95. The first-order valence-electron chi connectivity index (χ1n) is 6.95. The molecule has 0 aliphatic carbocycles. The Hall–Kier alpha value is -1.19. The minimum Gasteiger partial charge on any atom is -0.353 e. The fourth-order valence-electron chi connectivity index (χ4n) is 1.57. The molecule has 1 aromatic rings. The molecule has 0 bridgehead atoms. The summed E-state index contributed by atoms with van der Waals surface area (Å²) in [5, 5.41) is 0. The summed E-state index contributed by atoms with van der Waals surface area (Å²) in [5.74, 6) is 0. The quantitative estimate of drug-likeness (QED) is 0.555. The third-order valence-corrected chi connectivity index (χ3v) is 2.46. The van der Waals surface area contributed by atoms with Gasteiger partial charge in [0.25, 0.3) is 0 Å². The molecule has 0 atom stereocenters. The fourth-order valence-corrected chi connectivity index (χ4v) is 1.57. The van der Waals surface area contributed by atoms with Gasteiger partial charge in [0.05, 0.1) is 0 Å². The summed E-state index contributed by atoms with van der Waals surface area (Å²) in [5.41, 5.74) is 2.06. The molecule has 3 nitrogen and oxygen atoms in total. The summed E-state index contributed by atoms with van der Waals surface area (Å²) in [6, 6.07) is 7.73. The van der Waals surface area contributed by atoms with Gasteiger partial charge in [-0.1, -0.05) is 37.6 Å². The summed E-state index contributed by atoms with van der Waals surface area (Å²) >= 11 is 0. The number of carbonyl (C=O) groups excluding carboxylic acids is 1. The molecule has 0 heterocycles. The number of carbonyl (C=O) groups is 1. The van der Waals surface area contributed by atoms with Crippen LogP contribution in [0.2, 0.25) is 0 Å². The maximum Gasteiger partial charge on any atom is 0.154 e. The van der Waals surface area contributed by atoms with Crippen molar-refractivity contribution in [2.24, 2.45) is 0 Å². The molecule has 0 saturated heterocycles. The lowest BCUT2D eigenvalue weighted by Gasteiger charge is -2.09. The first kappa shape index (κ1) is 17.8. The molecule has 0 amide bonds. The zero-order chi connectivity index (χ0) is 14.5. The molecule has 3 heteroatoms. The zero-order valence-electron chi connectivity index (χ0n) is 12.5. The number of hydrogen-bond acceptors (Lipinski definition) is 3. The molecule has 19 heavy (non-hydrogen) atoms. The SMILES string of the molecule is CCCc1ccc(C=O)cc1.CCOC(C)OCC. The van der Waals surface area contributed by atoms with Crippen molar-refractivity contribution in [2.45, 2.75) is 46.8 Å². The van der Waals surface area contributed by atoms with Crippen LogP contribution in [0.5, 0.6) is 0 Å². The van der Waals surface area contributed by atoms with Gasteiger partial charge in [-0.3, -0.25) is 4.79 Å². The van der Waals surface area contributed by atoms with Crippen LogP contribution in [-0.4, -0.2) is 25.8 Å². The van der Waals surface area contributed by atoms with Gasteiger partial charge < -0.3 is 9.47 Å². The standard InChI is InChI=1S/C10H12O.C6H14O2/c1-2-3-9-4-6-10(8-11)7-5-9;1-4-7-6(3)8-5-2/h4-8H,2-3H2,1H3;6H,4-5H2,1-3H3. The highest BCUT2D eigenvalue weighted by Crippen LogP contribution is 2.04. The lowest BCUT2D eigenvalue weighted by atomic mass is 10.1. The fraction of sp³-hybridized carbons (Fsp3) is 0.562. The van der Waals surface area contributed by atoms with Crippen LogP contribution in [0, 0.1) is 0 Å². The van der Waals surface area contributed by atoms with Crippen LogP contribution < -0.4 is 0 Å². The van der Waals surface area contributed by atoms with Gasteiger partial charge in [0.2, 0.25) is 0 Å². The third-order valence-electron chi connectivity index (χ3n) is 2.46. The Morgan fingerprint density at radius 1 is 1.05 bits per heavy atom. The van der Waals surface area contributed by atoms with E-state index < -0.39 is 0 Å². The minimum absolute atomic E-state index is 0.0370. The van der Waals surface area contributed by atoms with Crippen molar-refractivity contribution >= 4 is 6.29 Å². The molecule has 0 N–H and O–H groups in total. The summed E-state index contributed by atoms with van der Waals surface area (Å²) in [6.45, 7) is 9.40. The average Bonchev–Trinajstić information content (AvgIpc) is 2.41. The van der Waals surface area contributed by atoms with Gasteiger partial charge in [0.1, 0.15) is 6.29 Å². The van der Waals surface area contributed by atoms with Crippen molar-refractivity contribution < 1.29 is 14.3 Å². The first-order chi connectivity index (χ1) is 9.17. The highest BCUT2D eigenvalue weighted by molar-refractivity contribution is 5.74. The number of aldehydes is 1. The van der Waals surface area contributed by atoms with Gasteiger partial charge in [0.15, 0.2) is 6.29 Å². The number of rotatable bonds is 7. The van der Waals surface area contributed by atoms with E-state index in [-0.39, 0.29) is 6.29 Å². The molecule has 0 unspecified atom stereocenters. The summed E-state index contributed by atoms with van der Waals surface area (Å²) in [4.78, 5) is 10.3. The van der Waals surface area contributed by atoms with Crippen molar-refractivity contribution in [1.82, 2.24) is 0 Å². The van der Waals surface area contributed by atoms with E-state index in [2.05, 4.69) is 6.92 Å². The van der Waals surface area contributed by atoms with Gasteiger partial charge >= 0.3 is 0 Å². The molecule has 1 rings (SSSR count). The largest absolute Gasteiger partial charge is 0.353 e. The second-order valence-corrected chi connectivity index (χ2v) is 4.09. The minimum atomic E-state index is -0.0370. The van der Waals surface area contributed by atoms with Crippen LogP contribution in [0.25, 0.3) is 0 Å². The molecule has 108 valence electrons. The zero-order valence-corrected chi connectivity index (χ0v) is 12.5. The van der Waals surface area contributed by atoms with Crippen LogP contribution >= 0.6 is 0 Å². The topological polar surface area (TPSA) is 35.5 Å². The van der Waals surface area contributed by atoms with Crippen molar-refractivity contribution in [1.29, 1.82) is 0 Å². The van der Waals surface area contributed by atoms with Crippen molar-refractivity contribution in [2.75, 3.05) is 13.2 Å². The molecule has 0 aliphatic heterocycles. The normalized spacial score (nSPS) is 9.95. The Bertz CT molecular complexity index is 313. The van der Waals surface area contributed by atoms with E-state index in [0.717, 1.165) is 37.9 Å². The molecule has 1 aromatic carbocycles. The molecule has 0 aromatic heterocycles. The van der Waals surface area contributed by atoms with Gasteiger partial charge in [0, 0.05) is 18.8 Å². The number of hydrogen-bond donors (Lipinski definition) is 0. The van der Waals surface area contributed by atoms with E-state index in [9.17, 15) is 4.79 Å². The second-order valence-electron chi connectivity index (χ2n) is 4.09. The lowest BCUT2D eigenvalue weighted by molar-refractivity contribution is -0.123. The van der Waals surface area contributed by atoms with Crippen molar-refractivity contribution in [3.63, 3.8) is 0 Å². The Morgan fingerprint density at radius 2 is 1.58 bits per heavy atom. The van der Waals surface area contributed by atoms with Gasteiger partial charge in [-0.2, -0.15) is 0 Å². The van der Waals surface area contributed by atoms with Crippen molar-refractivity contribution in [3.05, 3.63) is 35.4 Å². The summed E-state index contributed by atoms with van der Waals surface area (Å²) in [6.07, 6.45) is 3.08. The molecular formula is C16H26O3. The predicted octanol–water partition coefficient (Wildman–Crippen LogP) is 3.86. The second kappa shape index (κ2) is 11.9. The molecule has 0 spiro atoms. The van der Waals surface area contributed by atoms with Gasteiger partial charge in [-0.05, 0) is 32.8 Å². The highest BCUT2D eigenvalue weighted by atomic mass is 16.7. The molecule has 0 aliphatic rings. The van der Waals surface area contributed by atoms with E-state index in [4.69, 9.17) is 9.47 Å². The maximum atomic E-state index is 10.3. The van der Waals surface area contributed by atoms with E-state index in [0.29, 0.717) is 0 Å². The van der Waals surface area contributed by atoms with Crippen LogP contribution in [-0.2, 0) is 15.9 Å². The average molecular weight is 266 g/mol. The number of aryl methyl sites for hydroxylation is 1. The smallest absolute Gasteiger partial charge is 0.154 e. The Kier molecular flexibility index (Phi) is 11.1. The van der Waals surface area contributed by atoms with Crippen LogP contribution in [0.3, 0.4) is 0 Å². The van der Waals surface area contributed by atoms with Crippen molar-refractivity contribution in [3.8, 4) is 0 Å². The summed E-state index contributed by atoms with van der Waals surface area (Å²) < 4.78 is 10.1. The van der Waals surface area contributed by atoms with E-state index in [1.54, 1.807) is 0 Å². The molecule has 0 fully saturated rings. The number of ether oxygens (including phenoxy) is 2. The Morgan fingerprint density at radius 3 is 1.95 bits per heavy atom. The monoisotopic (exact) mass is 266 g/mol.